The van der Waals surface area contributed by atoms with Crippen molar-refractivity contribution in [1.82, 2.24) is 4.90 Å². The zero-order valence-corrected chi connectivity index (χ0v) is 15.3. The fraction of sp³-hybridized carbons (Fsp3) is 0.579. The van der Waals surface area contributed by atoms with Crippen molar-refractivity contribution >= 4 is 12.1 Å². The number of ether oxygens (including phenoxy) is 1. The molecule has 0 saturated heterocycles. The molecule has 1 amide bonds. The van der Waals surface area contributed by atoms with E-state index in [1.54, 1.807) is 20.8 Å². The minimum absolute atomic E-state index is 0.176. The molecule has 1 atom stereocenters. The Morgan fingerprint density at radius 1 is 1.12 bits per heavy atom. The van der Waals surface area contributed by atoms with Crippen LogP contribution in [0.5, 0.6) is 0 Å². The average Bonchev–Trinajstić information content (AvgIpc) is 2.49. The van der Waals surface area contributed by atoms with Crippen LogP contribution in [0.4, 0.5) is 4.79 Å². The molecule has 0 aromatic heterocycles. The largest absolute Gasteiger partial charge is 0.480 e. The molecule has 0 aliphatic rings. The highest BCUT2D eigenvalue weighted by Crippen LogP contribution is 2.21. The number of carbonyl (C=O) groups excluding carboxylic acids is 1. The van der Waals surface area contributed by atoms with Crippen LogP contribution in [0.1, 0.15) is 53.0 Å². The molecule has 0 heterocycles. The van der Waals surface area contributed by atoms with E-state index >= 15 is 0 Å². The van der Waals surface area contributed by atoms with Crippen LogP contribution in [0.2, 0.25) is 0 Å². The fourth-order valence-electron chi connectivity index (χ4n) is 2.67. The Hall–Kier alpha value is -2.04. The van der Waals surface area contributed by atoms with Crippen molar-refractivity contribution in [3.05, 3.63) is 35.9 Å². The van der Waals surface area contributed by atoms with Crippen molar-refractivity contribution in [1.29, 1.82) is 0 Å². The highest BCUT2D eigenvalue weighted by Gasteiger charge is 2.36. The highest BCUT2D eigenvalue weighted by molar-refractivity contribution is 5.80. The first-order valence-corrected chi connectivity index (χ1v) is 8.47. The molecule has 0 radical (unpaired) electrons. The molecule has 0 saturated carbocycles. The number of amides is 1. The third-order valence-corrected chi connectivity index (χ3v) is 3.83. The second-order valence-electron chi connectivity index (χ2n) is 6.90. The number of nitrogens with zero attached hydrogens (tertiary/aromatic N) is 1. The Bertz CT molecular complexity index is 532. The summed E-state index contributed by atoms with van der Waals surface area (Å²) in [4.78, 5) is 26.0. The first kappa shape index (κ1) is 20.0. The van der Waals surface area contributed by atoms with Gasteiger partial charge >= 0.3 is 12.1 Å². The van der Waals surface area contributed by atoms with Gasteiger partial charge < -0.3 is 9.84 Å². The number of benzene rings is 1. The lowest BCUT2D eigenvalue weighted by Gasteiger charge is -2.36. The molecule has 0 bridgehead atoms. The molecule has 1 aromatic carbocycles. The molecule has 5 heteroatoms. The number of aliphatic carboxylic acids is 1. The Morgan fingerprint density at radius 2 is 1.67 bits per heavy atom. The van der Waals surface area contributed by atoms with Crippen LogP contribution in [-0.2, 0) is 16.0 Å². The summed E-state index contributed by atoms with van der Waals surface area (Å²) in [5, 5.41) is 9.74. The smallest absolute Gasteiger partial charge is 0.411 e. The van der Waals surface area contributed by atoms with Gasteiger partial charge in [0.2, 0.25) is 0 Å². The summed E-state index contributed by atoms with van der Waals surface area (Å²) >= 11 is 0. The molecule has 0 aliphatic carbocycles. The quantitative estimate of drug-likeness (QED) is 0.814. The van der Waals surface area contributed by atoms with E-state index in [-0.39, 0.29) is 12.5 Å². The van der Waals surface area contributed by atoms with E-state index in [2.05, 4.69) is 0 Å². The topological polar surface area (TPSA) is 66.8 Å². The predicted molar refractivity (Wildman–Crippen MR) is 94.0 cm³/mol. The van der Waals surface area contributed by atoms with Crippen LogP contribution in [0.15, 0.2) is 30.3 Å². The molecule has 0 fully saturated rings. The molecular formula is C19H29NO4. The molecule has 0 spiro atoms. The van der Waals surface area contributed by atoms with Crippen LogP contribution >= 0.6 is 0 Å². The molecule has 0 aliphatic heterocycles. The predicted octanol–water partition coefficient (Wildman–Crippen LogP) is 4.11. The van der Waals surface area contributed by atoms with E-state index in [1.165, 1.54) is 4.90 Å². The molecule has 1 N–H and O–H groups in total. The lowest BCUT2D eigenvalue weighted by molar-refractivity contribution is -0.144. The van der Waals surface area contributed by atoms with E-state index < -0.39 is 23.7 Å². The monoisotopic (exact) mass is 335 g/mol. The van der Waals surface area contributed by atoms with Crippen molar-refractivity contribution in [3.63, 3.8) is 0 Å². The van der Waals surface area contributed by atoms with E-state index in [9.17, 15) is 14.7 Å². The van der Waals surface area contributed by atoms with Crippen molar-refractivity contribution in [2.45, 2.75) is 71.6 Å². The summed E-state index contributed by atoms with van der Waals surface area (Å²) in [7, 11) is 0. The zero-order valence-electron chi connectivity index (χ0n) is 15.3. The molecule has 0 unspecified atom stereocenters. The first-order valence-electron chi connectivity index (χ1n) is 8.47. The number of carboxylic acid groups (broad SMARTS) is 1. The van der Waals surface area contributed by atoms with Gasteiger partial charge in [-0.3, -0.25) is 4.90 Å². The standard InChI is InChI=1S/C19H29NO4/c1-6-15(7-2)20(18(23)24-19(3,4)5)16(17(21)22)13-14-11-9-8-10-12-14/h8-12,15-16H,6-7,13H2,1-5H3,(H,21,22)/t16-/m0/s1. The lowest BCUT2D eigenvalue weighted by Crippen LogP contribution is -2.53. The Balaban J connectivity index is 3.15. The maximum Gasteiger partial charge on any atom is 0.411 e. The summed E-state index contributed by atoms with van der Waals surface area (Å²) in [6.07, 6.45) is 1.04. The SMILES string of the molecule is CCC(CC)N(C(=O)OC(C)(C)C)[C@@H](Cc1ccccc1)C(=O)O. The Labute approximate surface area is 144 Å². The van der Waals surface area contributed by atoms with Gasteiger partial charge in [-0.05, 0) is 39.2 Å². The normalized spacial score (nSPS) is 12.8. The number of carboxylic acids is 1. The number of carbonyl (C=O) groups is 2. The van der Waals surface area contributed by atoms with Crippen molar-refractivity contribution < 1.29 is 19.4 Å². The Kier molecular flexibility index (Phi) is 7.26. The van der Waals surface area contributed by atoms with E-state index in [1.807, 2.05) is 44.2 Å². The number of hydrogen-bond acceptors (Lipinski definition) is 3. The van der Waals surface area contributed by atoms with Crippen LogP contribution in [0.3, 0.4) is 0 Å². The molecule has 1 aromatic rings. The summed E-state index contributed by atoms with van der Waals surface area (Å²) in [5.41, 5.74) is 0.210. The van der Waals surface area contributed by atoms with Gasteiger partial charge in [-0.25, -0.2) is 9.59 Å². The maximum atomic E-state index is 12.7. The van der Waals surface area contributed by atoms with E-state index in [0.29, 0.717) is 12.8 Å². The van der Waals surface area contributed by atoms with Gasteiger partial charge in [0, 0.05) is 12.5 Å². The summed E-state index contributed by atoms with van der Waals surface area (Å²) < 4.78 is 5.48. The van der Waals surface area contributed by atoms with Gasteiger partial charge in [0.1, 0.15) is 11.6 Å². The van der Waals surface area contributed by atoms with Gasteiger partial charge in [-0.2, -0.15) is 0 Å². The van der Waals surface area contributed by atoms with Gasteiger partial charge in [-0.15, -0.1) is 0 Å². The molecule has 1 rings (SSSR count). The van der Waals surface area contributed by atoms with Gasteiger partial charge in [-0.1, -0.05) is 44.2 Å². The zero-order chi connectivity index (χ0) is 18.3. The molecule has 24 heavy (non-hydrogen) atoms. The van der Waals surface area contributed by atoms with Crippen LogP contribution in [0.25, 0.3) is 0 Å². The van der Waals surface area contributed by atoms with Crippen LogP contribution < -0.4 is 0 Å². The molecule has 134 valence electrons. The maximum absolute atomic E-state index is 12.7. The summed E-state index contributed by atoms with van der Waals surface area (Å²) in [5.74, 6) is -1.02. The van der Waals surface area contributed by atoms with Gasteiger partial charge in [0.05, 0.1) is 0 Å². The number of rotatable bonds is 7. The first-order chi connectivity index (χ1) is 11.2. The van der Waals surface area contributed by atoms with Gasteiger partial charge in [0.25, 0.3) is 0 Å². The average molecular weight is 335 g/mol. The number of hydrogen-bond donors (Lipinski definition) is 1. The minimum atomic E-state index is -1.02. The van der Waals surface area contributed by atoms with E-state index in [4.69, 9.17) is 4.74 Å². The fourth-order valence-corrected chi connectivity index (χ4v) is 2.67. The summed E-state index contributed by atoms with van der Waals surface area (Å²) in [6, 6.07) is 8.22. The summed E-state index contributed by atoms with van der Waals surface area (Å²) in [6.45, 7) is 9.24. The molecule has 5 nitrogen and oxygen atoms in total. The second-order valence-corrected chi connectivity index (χ2v) is 6.90. The van der Waals surface area contributed by atoms with Crippen LogP contribution in [-0.4, -0.2) is 39.8 Å². The second kappa shape index (κ2) is 8.71. The minimum Gasteiger partial charge on any atom is -0.480 e. The van der Waals surface area contributed by atoms with Crippen LogP contribution in [0, 0.1) is 0 Å². The van der Waals surface area contributed by atoms with Gasteiger partial charge in [0.15, 0.2) is 0 Å². The van der Waals surface area contributed by atoms with Crippen molar-refractivity contribution in [3.8, 4) is 0 Å². The lowest BCUT2D eigenvalue weighted by atomic mass is 10.0. The Morgan fingerprint density at radius 3 is 2.08 bits per heavy atom. The van der Waals surface area contributed by atoms with Crippen molar-refractivity contribution in [2.75, 3.05) is 0 Å². The van der Waals surface area contributed by atoms with E-state index in [0.717, 1.165) is 5.56 Å². The van der Waals surface area contributed by atoms with Crippen molar-refractivity contribution in [2.24, 2.45) is 0 Å². The third kappa shape index (κ3) is 5.87. The third-order valence-electron chi connectivity index (χ3n) is 3.83. The molecular weight excluding hydrogens is 306 g/mol. The highest BCUT2D eigenvalue weighted by atomic mass is 16.6.